The molecular formula is C20H22N4OS. The summed E-state index contributed by atoms with van der Waals surface area (Å²) >= 11 is 1.65. The van der Waals surface area contributed by atoms with E-state index in [4.69, 9.17) is 5.73 Å². The molecule has 1 aromatic carbocycles. The number of benzene rings is 1. The third-order valence-corrected chi connectivity index (χ3v) is 5.76. The Morgan fingerprint density at radius 2 is 2.08 bits per heavy atom. The predicted octanol–water partition coefficient (Wildman–Crippen LogP) is 3.19. The molecule has 6 heteroatoms. The standard InChI is InChI=1S/C20H22N4OS/c21-15-6-5-11-24(12-15)20(25)17-7-1-2-8-18(17)26-14-16-13-23-10-4-3-9-19(23)22-16/h1-4,7-10,13,15H,5-6,11-12,14,21H2. The monoisotopic (exact) mass is 366 g/mol. The second-order valence-corrected chi connectivity index (χ2v) is 7.65. The fourth-order valence-corrected chi connectivity index (χ4v) is 4.27. The number of hydrogen-bond acceptors (Lipinski definition) is 4. The predicted molar refractivity (Wildman–Crippen MR) is 104 cm³/mol. The van der Waals surface area contributed by atoms with Gasteiger partial charge in [-0.3, -0.25) is 4.79 Å². The quantitative estimate of drug-likeness (QED) is 0.720. The van der Waals surface area contributed by atoms with Crippen molar-refractivity contribution in [1.29, 1.82) is 0 Å². The van der Waals surface area contributed by atoms with Crippen LogP contribution in [-0.2, 0) is 5.75 Å². The fourth-order valence-electron chi connectivity index (χ4n) is 3.34. The molecule has 1 unspecified atom stereocenters. The van der Waals surface area contributed by atoms with Gasteiger partial charge in [0, 0.05) is 42.2 Å². The topological polar surface area (TPSA) is 63.6 Å². The molecule has 0 spiro atoms. The molecule has 4 rings (SSSR count). The van der Waals surface area contributed by atoms with E-state index in [9.17, 15) is 4.79 Å². The van der Waals surface area contributed by atoms with Crippen molar-refractivity contribution in [1.82, 2.24) is 14.3 Å². The van der Waals surface area contributed by atoms with Crippen molar-refractivity contribution in [2.75, 3.05) is 13.1 Å². The van der Waals surface area contributed by atoms with Crippen molar-refractivity contribution in [3.63, 3.8) is 0 Å². The smallest absolute Gasteiger partial charge is 0.255 e. The Bertz CT molecular complexity index is 890. The van der Waals surface area contributed by atoms with Crippen LogP contribution in [-0.4, -0.2) is 39.3 Å². The highest BCUT2D eigenvalue weighted by Crippen LogP contribution is 2.27. The van der Waals surface area contributed by atoms with Crippen LogP contribution in [0.15, 0.2) is 59.8 Å². The van der Waals surface area contributed by atoms with Gasteiger partial charge in [0.25, 0.3) is 5.91 Å². The maximum absolute atomic E-state index is 13.0. The van der Waals surface area contributed by atoms with Gasteiger partial charge >= 0.3 is 0 Å². The maximum atomic E-state index is 13.0. The van der Waals surface area contributed by atoms with Gasteiger partial charge in [0.1, 0.15) is 5.65 Å². The van der Waals surface area contributed by atoms with E-state index in [1.165, 1.54) is 0 Å². The van der Waals surface area contributed by atoms with E-state index in [1.54, 1.807) is 11.8 Å². The summed E-state index contributed by atoms with van der Waals surface area (Å²) in [6, 6.07) is 13.9. The summed E-state index contributed by atoms with van der Waals surface area (Å²) in [4.78, 5) is 20.5. The molecule has 0 bridgehead atoms. The van der Waals surface area contributed by atoms with Gasteiger partial charge in [-0.1, -0.05) is 18.2 Å². The van der Waals surface area contributed by atoms with E-state index in [2.05, 4.69) is 4.98 Å². The normalized spacial score (nSPS) is 17.6. The van der Waals surface area contributed by atoms with E-state index in [-0.39, 0.29) is 11.9 Å². The molecule has 134 valence electrons. The van der Waals surface area contributed by atoms with Crippen LogP contribution in [0.5, 0.6) is 0 Å². The molecule has 0 aliphatic carbocycles. The third-order valence-electron chi connectivity index (χ3n) is 4.65. The number of pyridine rings is 1. The minimum atomic E-state index is 0.0817. The van der Waals surface area contributed by atoms with Crippen LogP contribution in [0, 0.1) is 0 Å². The lowest BCUT2D eigenvalue weighted by Crippen LogP contribution is -2.45. The lowest BCUT2D eigenvalue weighted by Gasteiger charge is -2.31. The van der Waals surface area contributed by atoms with Crippen molar-refractivity contribution < 1.29 is 4.79 Å². The molecule has 1 saturated heterocycles. The minimum Gasteiger partial charge on any atom is -0.337 e. The highest BCUT2D eigenvalue weighted by atomic mass is 32.2. The van der Waals surface area contributed by atoms with Crippen LogP contribution in [0.1, 0.15) is 28.9 Å². The molecule has 3 heterocycles. The summed E-state index contributed by atoms with van der Waals surface area (Å²) in [5.74, 6) is 0.809. The Morgan fingerprint density at radius 1 is 1.23 bits per heavy atom. The zero-order valence-corrected chi connectivity index (χ0v) is 15.4. The van der Waals surface area contributed by atoms with Crippen LogP contribution in [0.2, 0.25) is 0 Å². The Labute approximate surface area is 157 Å². The van der Waals surface area contributed by atoms with Gasteiger partial charge in [-0.25, -0.2) is 4.98 Å². The van der Waals surface area contributed by atoms with Crippen molar-refractivity contribution in [3.05, 3.63) is 66.1 Å². The third kappa shape index (κ3) is 3.61. The molecule has 2 N–H and O–H groups in total. The van der Waals surface area contributed by atoms with Gasteiger partial charge < -0.3 is 15.0 Å². The molecule has 1 aliphatic heterocycles. The van der Waals surface area contributed by atoms with Crippen LogP contribution in [0.25, 0.3) is 5.65 Å². The number of piperidine rings is 1. The Kier molecular flexibility index (Phi) is 4.95. The van der Waals surface area contributed by atoms with Gasteiger partial charge in [0.2, 0.25) is 0 Å². The van der Waals surface area contributed by atoms with E-state index < -0.39 is 0 Å². The molecule has 26 heavy (non-hydrogen) atoms. The molecule has 1 atom stereocenters. The van der Waals surface area contributed by atoms with Crippen LogP contribution in [0.3, 0.4) is 0 Å². The van der Waals surface area contributed by atoms with Gasteiger partial charge in [-0.15, -0.1) is 11.8 Å². The van der Waals surface area contributed by atoms with E-state index in [1.807, 2.05) is 64.2 Å². The molecule has 3 aromatic rings. The maximum Gasteiger partial charge on any atom is 0.255 e. The molecule has 1 fully saturated rings. The molecular weight excluding hydrogens is 344 g/mol. The Hall–Kier alpha value is -2.31. The van der Waals surface area contributed by atoms with Crippen molar-refractivity contribution in [2.24, 2.45) is 5.73 Å². The van der Waals surface area contributed by atoms with Crippen LogP contribution in [0.4, 0.5) is 0 Å². The first-order chi connectivity index (χ1) is 12.7. The zero-order valence-electron chi connectivity index (χ0n) is 14.5. The van der Waals surface area contributed by atoms with Crippen molar-refractivity contribution >= 4 is 23.3 Å². The molecule has 2 aromatic heterocycles. The van der Waals surface area contributed by atoms with Gasteiger partial charge in [0.15, 0.2) is 0 Å². The summed E-state index contributed by atoms with van der Waals surface area (Å²) < 4.78 is 2.02. The number of carbonyl (C=O) groups is 1. The number of amides is 1. The number of imidazole rings is 1. The molecule has 0 radical (unpaired) electrons. The summed E-state index contributed by atoms with van der Waals surface area (Å²) in [6.07, 6.45) is 6.00. The lowest BCUT2D eigenvalue weighted by atomic mass is 10.1. The van der Waals surface area contributed by atoms with Gasteiger partial charge in [-0.2, -0.15) is 0 Å². The summed E-state index contributed by atoms with van der Waals surface area (Å²) in [6.45, 7) is 1.43. The van der Waals surface area contributed by atoms with Gasteiger partial charge in [-0.05, 0) is 37.1 Å². The first-order valence-electron chi connectivity index (χ1n) is 8.90. The average molecular weight is 366 g/mol. The number of hydrogen-bond donors (Lipinski definition) is 1. The molecule has 0 saturated carbocycles. The highest BCUT2D eigenvalue weighted by molar-refractivity contribution is 7.98. The second-order valence-electron chi connectivity index (χ2n) is 6.64. The molecule has 5 nitrogen and oxygen atoms in total. The second kappa shape index (κ2) is 7.51. The number of fused-ring (bicyclic) bond motifs is 1. The van der Waals surface area contributed by atoms with Gasteiger partial charge in [0.05, 0.1) is 11.3 Å². The zero-order chi connectivity index (χ0) is 17.9. The molecule has 1 amide bonds. The fraction of sp³-hybridized carbons (Fsp3) is 0.300. The number of thioether (sulfide) groups is 1. The Balaban J connectivity index is 1.51. The minimum absolute atomic E-state index is 0.0817. The first-order valence-corrected chi connectivity index (χ1v) is 9.88. The number of nitrogens with two attached hydrogens (primary N) is 1. The van der Waals surface area contributed by atoms with Crippen LogP contribution >= 0.6 is 11.8 Å². The number of aromatic nitrogens is 2. The summed E-state index contributed by atoms with van der Waals surface area (Å²) in [7, 11) is 0. The summed E-state index contributed by atoms with van der Waals surface area (Å²) in [5, 5.41) is 0. The molecule has 1 aliphatic rings. The SMILES string of the molecule is NC1CCCN(C(=O)c2ccccc2SCc2cn3ccccc3n2)C1. The highest BCUT2D eigenvalue weighted by Gasteiger charge is 2.24. The largest absolute Gasteiger partial charge is 0.337 e. The lowest BCUT2D eigenvalue weighted by molar-refractivity contribution is 0.0705. The van der Waals surface area contributed by atoms with E-state index in [0.29, 0.717) is 6.54 Å². The first kappa shape index (κ1) is 17.1. The van der Waals surface area contributed by atoms with Crippen LogP contribution < -0.4 is 5.73 Å². The van der Waals surface area contributed by atoms with Crippen molar-refractivity contribution in [2.45, 2.75) is 29.5 Å². The number of carbonyl (C=O) groups excluding carboxylic acids is 1. The van der Waals surface area contributed by atoms with Crippen molar-refractivity contribution in [3.8, 4) is 0 Å². The Morgan fingerprint density at radius 3 is 2.92 bits per heavy atom. The summed E-state index contributed by atoms with van der Waals surface area (Å²) in [5.41, 5.74) is 8.74. The number of likely N-dealkylation sites (tertiary alicyclic amines) is 1. The van der Waals surface area contributed by atoms with E-state index in [0.717, 1.165) is 46.9 Å². The number of rotatable bonds is 4. The average Bonchev–Trinajstić information content (AvgIpc) is 3.09. The van der Waals surface area contributed by atoms with E-state index >= 15 is 0 Å². The number of nitrogens with zero attached hydrogens (tertiary/aromatic N) is 3.